The van der Waals surface area contributed by atoms with Crippen LogP contribution in [0, 0.1) is 10.1 Å². The fraction of sp³-hybridized carbons (Fsp3) is 0.364. The number of anilines is 1. The fourth-order valence-corrected chi connectivity index (χ4v) is 2.19. The summed E-state index contributed by atoms with van der Waals surface area (Å²) < 4.78 is 4.88. The van der Waals surface area contributed by atoms with Gasteiger partial charge in [0.25, 0.3) is 5.69 Å². The van der Waals surface area contributed by atoms with Crippen LogP contribution in [0.1, 0.15) is 12.5 Å². The van der Waals surface area contributed by atoms with Crippen molar-refractivity contribution in [2.45, 2.75) is 19.4 Å². The zero-order valence-corrected chi connectivity index (χ0v) is 10.4. The number of fused-ring (bicyclic) bond motifs is 1. The highest BCUT2D eigenvalue weighted by molar-refractivity contribution is 6.33. The molecule has 6 nitrogen and oxygen atoms in total. The van der Waals surface area contributed by atoms with Crippen LogP contribution >= 0.6 is 11.6 Å². The summed E-state index contributed by atoms with van der Waals surface area (Å²) in [4.78, 5) is 22.0. The molecule has 1 aliphatic rings. The number of hydrogen-bond donors (Lipinski definition) is 1. The molecule has 1 unspecified atom stereocenters. The monoisotopic (exact) mass is 270 g/mol. The lowest BCUT2D eigenvalue weighted by molar-refractivity contribution is -0.385. The summed E-state index contributed by atoms with van der Waals surface area (Å²) in [5, 5.41) is 14.1. The number of hydrogen-bond acceptors (Lipinski definition) is 5. The molecule has 1 heterocycles. The van der Waals surface area contributed by atoms with Crippen LogP contribution in [0.3, 0.4) is 0 Å². The van der Waals surface area contributed by atoms with Crippen molar-refractivity contribution >= 4 is 28.9 Å². The summed E-state index contributed by atoms with van der Waals surface area (Å²) in [6.07, 6.45) is 0.213. The second-order valence-corrected chi connectivity index (χ2v) is 4.24. The molecule has 0 amide bonds. The maximum atomic E-state index is 11.6. The van der Waals surface area contributed by atoms with Gasteiger partial charge in [-0.25, -0.2) is 4.79 Å². The van der Waals surface area contributed by atoms with E-state index in [4.69, 9.17) is 16.3 Å². The van der Waals surface area contributed by atoms with Gasteiger partial charge in [0.1, 0.15) is 6.04 Å². The van der Waals surface area contributed by atoms with Crippen LogP contribution in [-0.2, 0) is 16.0 Å². The third-order valence-corrected chi connectivity index (χ3v) is 3.05. The summed E-state index contributed by atoms with van der Waals surface area (Å²) in [6, 6.07) is 2.17. The number of carbonyl (C=O) groups is 1. The topological polar surface area (TPSA) is 81.5 Å². The Kier molecular flexibility index (Phi) is 3.38. The van der Waals surface area contributed by atoms with E-state index in [9.17, 15) is 14.9 Å². The molecule has 0 bridgehead atoms. The maximum Gasteiger partial charge on any atom is 0.328 e. The highest BCUT2D eigenvalue weighted by atomic mass is 35.5. The average Bonchev–Trinajstić information content (AvgIpc) is 2.75. The molecule has 7 heteroatoms. The van der Waals surface area contributed by atoms with E-state index >= 15 is 0 Å². The number of rotatable bonds is 3. The van der Waals surface area contributed by atoms with Gasteiger partial charge in [0.15, 0.2) is 0 Å². The fourth-order valence-electron chi connectivity index (χ4n) is 1.96. The minimum atomic E-state index is -0.612. The molecule has 0 aromatic heterocycles. The molecule has 0 spiro atoms. The summed E-state index contributed by atoms with van der Waals surface area (Å²) >= 11 is 5.96. The van der Waals surface area contributed by atoms with Gasteiger partial charge in [-0.3, -0.25) is 10.1 Å². The zero-order chi connectivity index (χ0) is 13.3. The molecule has 0 aliphatic carbocycles. The van der Waals surface area contributed by atoms with Gasteiger partial charge < -0.3 is 10.1 Å². The van der Waals surface area contributed by atoms with Crippen LogP contribution in [0.15, 0.2) is 12.1 Å². The second kappa shape index (κ2) is 4.81. The van der Waals surface area contributed by atoms with Crippen molar-refractivity contribution in [2.24, 2.45) is 0 Å². The lowest BCUT2D eigenvalue weighted by Gasteiger charge is -2.09. The number of nitro groups is 1. The molecule has 1 aromatic carbocycles. The quantitative estimate of drug-likeness (QED) is 0.517. The number of nitrogens with zero attached hydrogens (tertiary/aromatic N) is 1. The minimum Gasteiger partial charge on any atom is -0.464 e. The van der Waals surface area contributed by atoms with Gasteiger partial charge in [-0.05, 0) is 13.0 Å². The molecule has 96 valence electrons. The minimum absolute atomic E-state index is 0.0336. The summed E-state index contributed by atoms with van der Waals surface area (Å²) in [5.74, 6) is -0.431. The first kappa shape index (κ1) is 12.6. The first-order chi connectivity index (χ1) is 8.54. The molecule has 1 aliphatic heterocycles. The molecular weight excluding hydrogens is 260 g/mol. The zero-order valence-electron chi connectivity index (χ0n) is 9.60. The third-order valence-electron chi connectivity index (χ3n) is 2.73. The second-order valence-electron chi connectivity index (χ2n) is 3.83. The predicted octanol–water partition coefficient (Wildman–Crippen LogP) is 2.15. The molecule has 1 N–H and O–H groups in total. The first-order valence-corrected chi connectivity index (χ1v) is 5.81. The number of carbonyl (C=O) groups excluding carboxylic acids is 1. The molecule has 0 radical (unpaired) electrons. The van der Waals surface area contributed by atoms with Crippen LogP contribution in [0.5, 0.6) is 0 Å². The molecule has 0 saturated heterocycles. The maximum absolute atomic E-state index is 11.6. The Morgan fingerprint density at radius 3 is 3.00 bits per heavy atom. The lowest BCUT2D eigenvalue weighted by atomic mass is 10.1. The third kappa shape index (κ3) is 2.11. The van der Waals surface area contributed by atoms with Gasteiger partial charge in [-0.1, -0.05) is 11.6 Å². The van der Waals surface area contributed by atoms with E-state index in [0.717, 1.165) is 0 Å². The molecule has 0 fully saturated rings. The molecule has 0 saturated carbocycles. The SMILES string of the molecule is CCOC(=O)C1Cc2c([N+](=O)[O-])ccc(Cl)c2N1. The summed E-state index contributed by atoms with van der Waals surface area (Å²) in [6.45, 7) is 1.97. The Morgan fingerprint density at radius 1 is 1.67 bits per heavy atom. The Balaban J connectivity index is 2.33. The predicted molar refractivity (Wildman–Crippen MR) is 65.9 cm³/mol. The standard InChI is InChI=1S/C11H11ClN2O4/c1-2-18-11(15)8-5-6-9(14(16)17)4-3-7(12)10(6)13-8/h3-4,8,13H,2,5H2,1H3. The molecule has 18 heavy (non-hydrogen) atoms. The number of ether oxygens (including phenoxy) is 1. The summed E-state index contributed by atoms with van der Waals surface area (Å²) in [7, 11) is 0. The largest absolute Gasteiger partial charge is 0.464 e. The number of nitro benzene ring substituents is 1. The smallest absolute Gasteiger partial charge is 0.328 e. The van der Waals surface area contributed by atoms with Crippen LogP contribution < -0.4 is 5.32 Å². The van der Waals surface area contributed by atoms with E-state index in [1.165, 1.54) is 12.1 Å². The van der Waals surface area contributed by atoms with Gasteiger partial charge in [0.2, 0.25) is 0 Å². The van der Waals surface area contributed by atoms with Gasteiger partial charge in [0.05, 0.1) is 27.8 Å². The van der Waals surface area contributed by atoms with Crippen LogP contribution in [0.2, 0.25) is 5.02 Å². The van der Waals surface area contributed by atoms with E-state index in [-0.39, 0.29) is 18.7 Å². The lowest BCUT2D eigenvalue weighted by Crippen LogP contribution is -2.29. The molecular formula is C11H11ClN2O4. The van der Waals surface area contributed by atoms with E-state index in [2.05, 4.69) is 5.32 Å². The van der Waals surface area contributed by atoms with Gasteiger partial charge in [-0.15, -0.1) is 0 Å². The number of halogens is 1. The Hall–Kier alpha value is -1.82. The van der Waals surface area contributed by atoms with Crippen molar-refractivity contribution in [3.8, 4) is 0 Å². The Morgan fingerprint density at radius 2 is 2.39 bits per heavy atom. The van der Waals surface area contributed by atoms with E-state index in [1.54, 1.807) is 6.92 Å². The van der Waals surface area contributed by atoms with Crippen molar-refractivity contribution in [1.82, 2.24) is 0 Å². The number of benzene rings is 1. The van der Waals surface area contributed by atoms with Crippen LogP contribution in [-0.4, -0.2) is 23.5 Å². The number of nitrogens with one attached hydrogen (secondary N) is 1. The van der Waals surface area contributed by atoms with Crippen molar-refractivity contribution in [2.75, 3.05) is 11.9 Å². The highest BCUT2D eigenvalue weighted by Gasteiger charge is 2.34. The van der Waals surface area contributed by atoms with E-state index in [0.29, 0.717) is 16.3 Å². The molecule has 1 atom stereocenters. The summed E-state index contributed by atoms with van der Waals surface area (Å²) in [5.41, 5.74) is 0.864. The average molecular weight is 271 g/mol. The highest BCUT2D eigenvalue weighted by Crippen LogP contribution is 2.39. The van der Waals surface area contributed by atoms with Crippen molar-refractivity contribution in [1.29, 1.82) is 0 Å². The van der Waals surface area contributed by atoms with Crippen molar-refractivity contribution < 1.29 is 14.5 Å². The first-order valence-electron chi connectivity index (χ1n) is 5.43. The van der Waals surface area contributed by atoms with Crippen molar-refractivity contribution in [3.63, 3.8) is 0 Å². The Bertz CT molecular complexity index is 518. The van der Waals surface area contributed by atoms with E-state index < -0.39 is 16.9 Å². The Labute approximate surface area is 108 Å². The van der Waals surface area contributed by atoms with Gasteiger partial charge in [-0.2, -0.15) is 0 Å². The normalized spacial score (nSPS) is 16.9. The molecule has 2 rings (SSSR count). The van der Waals surface area contributed by atoms with Gasteiger partial charge >= 0.3 is 5.97 Å². The van der Waals surface area contributed by atoms with Crippen LogP contribution in [0.4, 0.5) is 11.4 Å². The molecule has 1 aromatic rings. The van der Waals surface area contributed by atoms with E-state index in [1.807, 2.05) is 0 Å². The van der Waals surface area contributed by atoms with Gasteiger partial charge in [0, 0.05) is 12.5 Å². The number of esters is 1. The van der Waals surface area contributed by atoms with Crippen molar-refractivity contribution in [3.05, 3.63) is 32.8 Å². The van der Waals surface area contributed by atoms with Crippen LogP contribution in [0.25, 0.3) is 0 Å².